The molecule has 0 spiro atoms. The van der Waals surface area contributed by atoms with Gasteiger partial charge >= 0.3 is 0 Å². The minimum Gasteiger partial charge on any atom is -0.497 e. The van der Waals surface area contributed by atoms with Gasteiger partial charge in [0.1, 0.15) is 5.75 Å². The first kappa shape index (κ1) is 23.7. The summed E-state index contributed by atoms with van der Waals surface area (Å²) in [5.74, 6) is 0.498. The Labute approximate surface area is 199 Å². The predicted octanol–water partition coefficient (Wildman–Crippen LogP) is 4.52. The normalized spacial score (nSPS) is 14.9. The molecule has 1 aliphatic rings. The quantitative estimate of drug-likeness (QED) is 0.488. The van der Waals surface area contributed by atoms with Gasteiger partial charge in [0.25, 0.3) is 0 Å². The summed E-state index contributed by atoms with van der Waals surface area (Å²) in [6, 6.07) is 17.5. The molecule has 7 heteroatoms. The molecule has 4 rings (SSSR count). The fourth-order valence-corrected chi connectivity index (χ4v) is 4.23. The van der Waals surface area contributed by atoms with Crippen molar-refractivity contribution >= 4 is 5.91 Å². The van der Waals surface area contributed by atoms with Crippen LogP contribution in [0.1, 0.15) is 31.0 Å². The summed E-state index contributed by atoms with van der Waals surface area (Å²) in [5.41, 5.74) is 2.59. The molecular formula is C27H30FN3O3. The second kappa shape index (κ2) is 11.6. The largest absolute Gasteiger partial charge is 0.497 e. The van der Waals surface area contributed by atoms with Crippen LogP contribution in [0.4, 0.5) is 4.39 Å². The van der Waals surface area contributed by atoms with E-state index in [2.05, 4.69) is 15.6 Å². The number of para-hydroxylation sites is 1. The number of amides is 1. The van der Waals surface area contributed by atoms with E-state index in [0.717, 1.165) is 48.5 Å². The zero-order chi connectivity index (χ0) is 23.8. The number of halogens is 1. The van der Waals surface area contributed by atoms with Crippen LogP contribution in [0.15, 0.2) is 66.9 Å². The average Bonchev–Trinajstić information content (AvgIpc) is 2.89. The highest BCUT2D eigenvalue weighted by Crippen LogP contribution is 2.31. The Morgan fingerprint density at radius 2 is 1.97 bits per heavy atom. The number of benzene rings is 2. The third kappa shape index (κ3) is 5.91. The van der Waals surface area contributed by atoms with Crippen molar-refractivity contribution in [2.75, 3.05) is 26.8 Å². The summed E-state index contributed by atoms with van der Waals surface area (Å²) in [6.45, 7) is 1.89. The molecule has 178 valence electrons. The summed E-state index contributed by atoms with van der Waals surface area (Å²) in [4.78, 5) is 17.8. The van der Waals surface area contributed by atoms with Gasteiger partial charge in [-0.2, -0.15) is 0 Å². The molecule has 0 unspecified atom stereocenters. The maximum Gasteiger partial charge on any atom is 0.223 e. The smallest absolute Gasteiger partial charge is 0.223 e. The summed E-state index contributed by atoms with van der Waals surface area (Å²) in [6.07, 6.45) is 3.77. The number of methoxy groups -OCH3 is 1. The number of nitrogens with zero attached hydrogens (tertiary/aromatic N) is 1. The van der Waals surface area contributed by atoms with Crippen molar-refractivity contribution in [3.05, 3.63) is 78.4 Å². The van der Waals surface area contributed by atoms with Crippen molar-refractivity contribution in [3.63, 3.8) is 0 Å². The molecule has 3 aromatic rings. The van der Waals surface area contributed by atoms with Gasteiger partial charge in [-0.05, 0) is 61.8 Å². The number of hydrogen-bond acceptors (Lipinski definition) is 5. The van der Waals surface area contributed by atoms with Gasteiger partial charge in [-0.15, -0.1) is 0 Å². The van der Waals surface area contributed by atoms with E-state index >= 15 is 0 Å². The van der Waals surface area contributed by atoms with Gasteiger partial charge < -0.3 is 20.1 Å². The summed E-state index contributed by atoms with van der Waals surface area (Å²) < 4.78 is 25.1. The fourth-order valence-electron chi connectivity index (χ4n) is 4.23. The van der Waals surface area contributed by atoms with Crippen LogP contribution < -0.4 is 20.1 Å². The van der Waals surface area contributed by atoms with Gasteiger partial charge in [-0.25, -0.2) is 4.39 Å². The van der Waals surface area contributed by atoms with Crippen LogP contribution in [0, 0.1) is 11.7 Å². The Balaban J connectivity index is 1.59. The molecule has 1 fully saturated rings. The number of carbonyl (C=O) groups excluding carboxylic acids is 1. The summed E-state index contributed by atoms with van der Waals surface area (Å²) in [7, 11) is 1.63. The molecule has 1 aliphatic heterocycles. The van der Waals surface area contributed by atoms with E-state index < -0.39 is 11.9 Å². The highest BCUT2D eigenvalue weighted by Gasteiger charge is 2.26. The van der Waals surface area contributed by atoms with Crippen LogP contribution in [0.5, 0.6) is 11.5 Å². The monoisotopic (exact) mass is 463 g/mol. The lowest BCUT2D eigenvalue weighted by Crippen LogP contribution is -2.40. The minimum atomic E-state index is -0.410. The molecule has 0 bridgehead atoms. The highest BCUT2D eigenvalue weighted by molar-refractivity contribution is 5.79. The first-order chi connectivity index (χ1) is 16.7. The molecule has 34 heavy (non-hydrogen) atoms. The van der Waals surface area contributed by atoms with E-state index in [1.165, 1.54) is 6.07 Å². The number of rotatable bonds is 9. The molecule has 0 radical (unpaired) electrons. The van der Waals surface area contributed by atoms with E-state index in [1.54, 1.807) is 31.5 Å². The number of hydrogen-bond donors (Lipinski definition) is 2. The van der Waals surface area contributed by atoms with E-state index in [1.807, 2.05) is 36.4 Å². The van der Waals surface area contributed by atoms with Crippen LogP contribution in [0.3, 0.4) is 0 Å². The lowest BCUT2D eigenvalue weighted by Gasteiger charge is -2.26. The molecule has 6 nitrogen and oxygen atoms in total. The van der Waals surface area contributed by atoms with Crippen LogP contribution in [0.2, 0.25) is 0 Å². The van der Waals surface area contributed by atoms with E-state index in [0.29, 0.717) is 6.42 Å². The van der Waals surface area contributed by atoms with Gasteiger partial charge in [-0.1, -0.05) is 30.3 Å². The van der Waals surface area contributed by atoms with Crippen LogP contribution in [0.25, 0.3) is 11.1 Å². The Bertz CT molecular complexity index is 1100. The molecule has 0 aliphatic carbocycles. The minimum absolute atomic E-state index is 0.0136. The SMILES string of the molecule is COc1cccc(-c2cccnc2[C@@H](CCOc2ccccc2F)NC(=O)C2CCNCC2)c1. The molecule has 2 heterocycles. The third-order valence-corrected chi connectivity index (χ3v) is 6.08. The van der Waals surface area contributed by atoms with Gasteiger partial charge in [0.2, 0.25) is 5.91 Å². The van der Waals surface area contributed by atoms with Crippen molar-refractivity contribution in [1.82, 2.24) is 15.6 Å². The molecule has 1 amide bonds. The second-order valence-electron chi connectivity index (χ2n) is 8.32. The Morgan fingerprint density at radius 1 is 1.15 bits per heavy atom. The first-order valence-electron chi connectivity index (χ1n) is 11.6. The van der Waals surface area contributed by atoms with Gasteiger partial charge in [0, 0.05) is 24.1 Å². The second-order valence-corrected chi connectivity index (χ2v) is 8.32. The van der Waals surface area contributed by atoms with Crippen molar-refractivity contribution in [3.8, 4) is 22.6 Å². The zero-order valence-electron chi connectivity index (χ0n) is 19.3. The first-order valence-corrected chi connectivity index (χ1v) is 11.6. The molecule has 1 atom stereocenters. The number of nitrogens with one attached hydrogen (secondary N) is 2. The van der Waals surface area contributed by atoms with Gasteiger partial charge in [0.15, 0.2) is 11.6 Å². The lowest BCUT2D eigenvalue weighted by molar-refractivity contribution is -0.126. The Hall–Kier alpha value is -3.45. The number of ether oxygens (including phenoxy) is 2. The molecule has 2 N–H and O–H groups in total. The number of pyridine rings is 1. The maximum atomic E-state index is 14.0. The highest BCUT2D eigenvalue weighted by atomic mass is 19.1. The van der Waals surface area contributed by atoms with Crippen molar-refractivity contribution in [2.24, 2.45) is 5.92 Å². The zero-order valence-corrected chi connectivity index (χ0v) is 19.3. The van der Waals surface area contributed by atoms with E-state index in [4.69, 9.17) is 9.47 Å². The Kier molecular flexibility index (Phi) is 8.09. The summed E-state index contributed by atoms with van der Waals surface area (Å²) >= 11 is 0. The number of piperidine rings is 1. The summed E-state index contributed by atoms with van der Waals surface area (Å²) in [5, 5.41) is 6.50. The lowest BCUT2D eigenvalue weighted by atomic mass is 9.94. The standard InChI is InChI=1S/C27H30FN3O3/c1-33-21-7-4-6-20(18-21)22-8-5-14-30-26(22)24(31-27(32)19-11-15-29-16-12-19)13-17-34-25-10-3-2-9-23(25)28/h2-10,14,18-19,24,29H,11-13,15-17H2,1H3,(H,31,32)/t24-/m1/s1. The van der Waals surface area contributed by atoms with Crippen molar-refractivity contribution in [1.29, 1.82) is 0 Å². The molecular weight excluding hydrogens is 433 g/mol. The molecule has 1 aromatic heterocycles. The van der Waals surface area contributed by atoms with Gasteiger partial charge in [-0.3, -0.25) is 9.78 Å². The molecule has 1 saturated heterocycles. The van der Waals surface area contributed by atoms with E-state index in [-0.39, 0.29) is 24.2 Å². The van der Waals surface area contributed by atoms with E-state index in [9.17, 15) is 9.18 Å². The molecule has 2 aromatic carbocycles. The maximum absolute atomic E-state index is 14.0. The predicted molar refractivity (Wildman–Crippen MR) is 129 cm³/mol. The number of carbonyl (C=O) groups is 1. The molecule has 0 saturated carbocycles. The van der Waals surface area contributed by atoms with Crippen LogP contribution in [-0.4, -0.2) is 37.7 Å². The van der Waals surface area contributed by atoms with Gasteiger partial charge in [0.05, 0.1) is 25.5 Å². The third-order valence-electron chi connectivity index (χ3n) is 6.08. The fraction of sp³-hybridized carbons (Fsp3) is 0.333. The van der Waals surface area contributed by atoms with Crippen molar-refractivity contribution < 1.29 is 18.7 Å². The topological polar surface area (TPSA) is 72.5 Å². The van der Waals surface area contributed by atoms with Crippen LogP contribution >= 0.6 is 0 Å². The van der Waals surface area contributed by atoms with Crippen molar-refractivity contribution in [2.45, 2.75) is 25.3 Å². The Morgan fingerprint density at radius 3 is 2.76 bits per heavy atom. The number of aromatic nitrogens is 1. The van der Waals surface area contributed by atoms with Crippen LogP contribution in [-0.2, 0) is 4.79 Å². The average molecular weight is 464 g/mol.